The van der Waals surface area contributed by atoms with E-state index < -0.39 is 29.6 Å². The monoisotopic (exact) mass is 537 g/mol. The number of allylic oxidation sites excluding steroid dienone is 1. The second-order valence-corrected chi connectivity index (χ2v) is 11.9. The number of carbonyl (C=O) groups excluding carboxylic acids is 3. The lowest BCUT2D eigenvalue weighted by Gasteiger charge is -2.34. The van der Waals surface area contributed by atoms with Crippen molar-refractivity contribution in [1.82, 2.24) is 10.2 Å². The molecule has 202 valence electrons. The molecule has 8 heteroatoms. The third-order valence-electron chi connectivity index (χ3n) is 9.03. The van der Waals surface area contributed by atoms with Crippen LogP contribution in [-0.4, -0.2) is 53.0 Å². The largest absolute Gasteiger partial charge is 0.359 e. The zero-order valence-corrected chi connectivity index (χ0v) is 22.4. The van der Waals surface area contributed by atoms with Gasteiger partial charge in [0.05, 0.1) is 17.9 Å². The Kier molecular flexibility index (Phi) is 7.08. The molecule has 6 rings (SSSR count). The summed E-state index contributed by atoms with van der Waals surface area (Å²) in [6.45, 7) is 0.455. The van der Waals surface area contributed by atoms with Gasteiger partial charge >= 0.3 is 0 Å². The van der Waals surface area contributed by atoms with Crippen LogP contribution in [0.5, 0.6) is 0 Å². The van der Waals surface area contributed by atoms with Crippen LogP contribution in [0.2, 0.25) is 5.02 Å². The Bertz CT molecular complexity index is 1180. The molecule has 2 N–H and O–H groups in total. The van der Waals surface area contributed by atoms with Crippen molar-refractivity contribution in [2.45, 2.75) is 88.0 Å². The molecule has 1 saturated carbocycles. The van der Waals surface area contributed by atoms with Crippen molar-refractivity contribution in [3.8, 4) is 0 Å². The lowest BCUT2D eigenvalue weighted by atomic mass is 9.74. The zero-order chi connectivity index (χ0) is 26.3. The van der Waals surface area contributed by atoms with E-state index in [1.165, 1.54) is 18.4 Å². The maximum atomic E-state index is 14.1. The minimum absolute atomic E-state index is 0.120. The molecular weight excluding hydrogens is 502 g/mol. The van der Waals surface area contributed by atoms with Gasteiger partial charge in [-0.2, -0.15) is 0 Å². The van der Waals surface area contributed by atoms with Crippen molar-refractivity contribution in [1.29, 1.82) is 0 Å². The highest BCUT2D eigenvalue weighted by Crippen LogP contribution is 2.55. The molecular formula is C30H36ClN3O4. The van der Waals surface area contributed by atoms with E-state index in [9.17, 15) is 14.4 Å². The fourth-order valence-corrected chi connectivity index (χ4v) is 7.41. The first kappa shape index (κ1) is 25.6. The number of nitrogens with zero attached hydrogens (tertiary/aromatic N) is 1. The third kappa shape index (κ3) is 4.58. The Labute approximate surface area is 229 Å². The van der Waals surface area contributed by atoms with E-state index in [0.29, 0.717) is 17.3 Å². The molecule has 0 aromatic heterocycles. The van der Waals surface area contributed by atoms with Crippen molar-refractivity contribution in [3.63, 3.8) is 0 Å². The second kappa shape index (κ2) is 10.5. The maximum Gasteiger partial charge on any atom is 0.246 e. The van der Waals surface area contributed by atoms with E-state index in [1.54, 1.807) is 29.2 Å². The highest BCUT2D eigenvalue weighted by Gasteiger charge is 2.72. The molecule has 0 radical (unpaired) electrons. The zero-order valence-electron chi connectivity index (χ0n) is 21.7. The minimum atomic E-state index is -1.13. The summed E-state index contributed by atoms with van der Waals surface area (Å²) in [5, 5.41) is 6.70. The minimum Gasteiger partial charge on any atom is -0.359 e. The van der Waals surface area contributed by atoms with E-state index in [4.69, 9.17) is 16.3 Å². The molecule has 1 spiro atoms. The number of rotatable bonds is 7. The maximum absolute atomic E-state index is 14.1. The number of hydrogen-bond donors (Lipinski definition) is 2. The average molecular weight is 538 g/mol. The van der Waals surface area contributed by atoms with Gasteiger partial charge in [0.2, 0.25) is 17.7 Å². The molecule has 5 aliphatic rings. The molecule has 1 aromatic rings. The Hall–Kier alpha value is -2.64. The van der Waals surface area contributed by atoms with Crippen LogP contribution in [0.25, 0.3) is 0 Å². The first-order valence-corrected chi connectivity index (χ1v) is 14.6. The quantitative estimate of drug-likeness (QED) is 0.490. The van der Waals surface area contributed by atoms with Crippen molar-refractivity contribution in [2.24, 2.45) is 11.8 Å². The Balaban J connectivity index is 1.28. The van der Waals surface area contributed by atoms with Crippen LogP contribution in [0.15, 0.2) is 48.1 Å². The molecule has 2 aliphatic carbocycles. The first-order chi connectivity index (χ1) is 18.5. The van der Waals surface area contributed by atoms with E-state index in [0.717, 1.165) is 51.4 Å². The van der Waals surface area contributed by atoms with Crippen LogP contribution in [0.3, 0.4) is 0 Å². The first-order valence-electron chi connectivity index (χ1n) is 14.2. The van der Waals surface area contributed by atoms with Gasteiger partial charge in [-0.15, -0.1) is 0 Å². The van der Waals surface area contributed by atoms with Crippen LogP contribution in [0.1, 0.15) is 64.2 Å². The predicted octanol–water partition coefficient (Wildman–Crippen LogP) is 4.77. The van der Waals surface area contributed by atoms with Gasteiger partial charge in [0.25, 0.3) is 0 Å². The SMILES string of the molecule is O=C(Nc1cccc(Cl)c1)C1C2C=CC3(O2)C1C(=O)N(CCC1=CCCCC1)C3C(=O)NC1CCCCC1. The Morgan fingerprint density at radius 1 is 1.11 bits per heavy atom. The summed E-state index contributed by atoms with van der Waals surface area (Å²) in [6.07, 6.45) is 16.0. The second-order valence-electron chi connectivity index (χ2n) is 11.4. The molecule has 1 aromatic carbocycles. The molecule has 38 heavy (non-hydrogen) atoms. The Morgan fingerprint density at radius 2 is 1.95 bits per heavy atom. The van der Waals surface area contributed by atoms with Crippen molar-refractivity contribution < 1.29 is 19.1 Å². The van der Waals surface area contributed by atoms with Gasteiger partial charge in [-0.3, -0.25) is 14.4 Å². The molecule has 3 heterocycles. The predicted molar refractivity (Wildman–Crippen MR) is 145 cm³/mol. The molecule has 7 nitrogen and oxygen atoms in total. The van der Waals surface area contributed by atoms with Gasteiger partial charge in [0.1, 0.15) is 11.6 Å². The number of benzene rings is 1. The smallest absolute Gasteiger partial charge is 0.246 e. The number of hydrogen-bond acceptors (Lipinski definition) is 4. The fourth-order valence-electron chi connectivity index (χ4n) is 7.22. The van der Waals surface area contributed by atoms with Gasteiger partial charge < -0.3 is 20.3 Å². The van der Waals surface area contributed by atoms with Crippen LogP contribution in [0, 0.1) is 11.8 Å². The number of carbonyl (C=O) groups is 3. The van der Waals surface area contributed by atoms with Crippen LogP contribution in [-0.2, 0) is 19.1 Å². The Morgan fingerprint density at radius 3 is 2.71 bits per heavy atom. The number of likely N-dealkylation sites (tertiary alicyclic amines) is 1. The summed E-state index contributed by atoms with van der Waals surface area (Å²) in [4.78, 5) is 43.3. The van der Waals surface area contributed by atoms with E-state index in [1.807, 2.05) is 12.2 Å². The van der Waals surface area contributed by atoms with Crippen molar-refractivity contribution in [2.75, 3.05) is 11.9 Å². The number of ether oxygens (including phenoxy) is 1. The number of nitrogens with one attached hydrogen (secondary N) is 2. The van der Waals surface area contributed by atoms with E-state index in [-0.39, 0.29) is 23.8 Å². The normalized spacial score (nSPS) is 32.3. The highest BCUT2D eigenvalue weighted by atomic mass is 35.5. The molecule has 2 saturated heterocycles. The third-order valence-corrected chi connectivity index (χ3v) is 9.26. The summed E-state index contributed by atoms with van der Waals surface area (Å²) < 4.78 is 6.46. The topological polar surface area (TPSA) is 87.7 Å². The highest BCUT2D eigenvalue weighted by molar-refractivity contribution is 6.30. The molecule has 2 bridgehead atoms. The van der Waals surface area contributed by atoms with Gasteiger partial charge in [0, 0.05) is 23.3 Å². The van der Waals surface area contributed by atoms with E-state index >= 15 is 0 Å². The summed E-state index contributed by atoms with van der Waals surface area (Å²) in [6, 6.07) is 6.30. The number of amides is 3. The summed E-state index contributed by atoms with van der Waals surface area (Å²) in [5.74, 6) is -2.06. The standard InChI is InChI=1S/C30H36ClN3O4/c31-20-10-7-13-22(18-20)33-27(35)24-23-14-16-30(38-23)25(24)29(37)34(17-15-19-8-3-1-4-9-19)26(30)28(36)32-21-11-5-2-6-12-21/h7-8,10,13-14,16,18,21,23-26H,1-6,9,11-12,15,17H2,(H,32,36)(H,33,35). The van der Waals surface area contributed by atoms with Gasteiger partial charge in [-0.1, -0.05) is 60.7 Å². The summed E-state index contributed by atoms with van der Waals surface area (Å²) >= 11 is 6.12. The van der Waals surface area contributed by atoms with Crippen molar-refractivity contribution in [3.05, 3.63) is 53.1 Å². The van der Waals surface area contributed by atoms with Crippen LogP contribution < -0.4 is 10.6 Å². The molecule has 3 aliphatic heterocycles. The lowest BCUT2D eigenvalue weighted by molar-refractivity contribution is -0.141. The van der Waals surface area contributed by atoms with Crippen LogP contribution >= 0.6 is 11.6 Å². The summed E-state index contributed by atoms with van der Waals surface area (Å²) in [5.41, 5.74) is 0.792. The van der Waals surface area contributed by atoms with Gasteiger partial charge in [0.15, 0.2) is 0 Å². The lowest BCUT2D eigenvalue weighted by Crippen LogP contribution is -2.56. The number of halogens is 1. The average Bonchev–Trinajstić information content (AvgIpc) is 3.56. The molecule has 3 amide bonds. The number of anilines is 1. The number of fused-ring (bicyclic) bond motifs is 1. The molecule has 5 atom stereocenters. The molecule has 3 fully saturated rings. The fraction of sp³-hybridized carbons (Fsp3) is 0.567. The molecule has 5 unspecified atom stereocenters. The van der Waals surface area contributed by atoms with Crippen LogP contribution in [0.4, 0.5) is 5.69 Å². The van der Waals surface area contributed by atoms with Gasteiger partial charge in [-0.05, 0) is 63.1 Å². The summed E-state index contributed by atoms with van der Waals surface area (Å²) in [7, 11) is 0. The van der Waals surface area contributed by atoms with Gasteiger partial charge in [-0.25, -0.2) is 0 Å². The van der Waals surface area contributed by atoms with Crippen molar-refractivity contribution >= 4 is 35.0 Å². The van der Waals surface area contributed by atoms with E-state index in [2.05, 4.69) is 16.7 Å².